The molecule has 1 fully saturated rings. The quantitative estimate of drug-likeness (QED) is 0.125. The van der Waals surface area contributed by atoms with Crippen molar-refractivity contribution in [3.63, 3.8) is 0 Å². The summed E-state index contributed by atoms with van der Waals surface area (Å²) in [5.41, 5.74) is 5.34. The summed E-state index contributed by atoms with van der Waals surface area (Å²) in [4.78, 5) is 19.4. The van der Waals surface area contributed by atoms with Crippen molar-refractivity contribution in [1.29, 1.82) is 0 Å². The van der Waals surface area contributed by atoms with Crippen LogP contribution in [0.1, 0.15) is 29.0 Å². The van der Waals surface area contributed by atoms with Gasteiger partial charge in [-0.2, -0.15) is 0 Å². The van der Waals surface area contributed by atoms with Gasteiger partial charge in [-0.25, -0.2) is 0 Å². The van der Waals surface area contributed by atoms with Crippen LogP contribution in [0.5, 0.6) is 0 Å². The first kappa shape index (κ1) is 25.8. The van der Waals surface area contributed by atoms with Gasteiger partial charge in [0.15, 0.2) is 5.11 Å². The van der Waals surface area contributed by atoms with E-state index in [4.69, 9.17) is 12.2 Å². The maximum Gasteiger partial charge on any atom is 0.269 e. The van der Waals surface area contributed by atoms with Gasteiger partial charge in [-0.05, 0) is 97.5 Å². The first-order chi connectivity index (χ1) is 19.5. The van der Waals surface area contributed by atoms with E-state index in [1.54, 1.807) is 23.9 Å². The molecule has 0 radical (unpaired) electrons. The average molecular weight is 564 g/mol. The number of anilines is 1. The number of non-ortho nitro benzene ring substituents is 1. The standard InChI is InChI=1S/C31H25N5O2S2/c1-21-6-4-7-24(20-21)34-19-5-9-28(34)30-29(27-8-2-3-18-32-27)33-31(39)35(30)22-10-14-25(15-11-22)40-26-16-12-23(13-17-26)36(37)38/h2-20,29-30H,1H3,(H,33,39). The predicted molar refractivity (Wildman–Crippen MR) is 162 cm³/mol. The van der Waals surface area contributed by atoms with Gasteiger partial charge in [-0.15, -0.1) is 0 Å². The lowest BCUT2D eigenvalue weighted by Crippen LogP contribution is -2.30. The van der Waals surface area contributed by atoms with Crippen LogP contribution in [-0.2, 0) is 0 Å². The molecule has 3 aromatic carbocycles. The number of rotatable bonds is 7. The highest BCUT2D eigenvalue weighted by Crippen LogP contribution is 2.43. The molecule has 2 unspecified atom stereocenters. The fourth-order valence-electron chi connectivity index (χ4n) is 5.03. The molecule has 0 spiro atoms. The molecule has 0 saturated carbocycles. The molecule has 1 saturated heterocycles. The van der Waals surface area contributed by atoms with Crippen molar-refractivity contribution in [2.45, 2.75) is 28.8 Å². The number of thiocarbonyl (C=S) groups is 1. The summed E-state index contributed by atoms with van der Waals surface area (Å²) in [5, 5.41) is 15.1. The van der Waals surface area contributed by atoms with Crippen molar-refractivity contribution in [3.8, 4) is 5.69 Å². The normalized spacial score (nSPS) is 16.6. The summed E-state index contributed by atoms with van der Waals surface area (Å²) < 4.78 is 2.22. The number of nitrogens with one attached hydrogen (secondary N) is 1. The highest BCUT2D eigenvalue weighted by atomic mass is 32.2. The monoisotopic (exact) mass is 563 g/mol. The zero-order valence-electron chi connectivity index (χ0n) is 21.5. The molecule has 2 atom stereocenters. The number of pyridine rings is 1. The Morgan fingerprint density at radius 3 is 2.33 bits per heavy atom. The fraction of sp³-hybridized carbons (Fsp3) is 0.0968. The van der Waals surface area contributed by atoms with Gasteiger partial charge in [0.05, 0.1) is 16.7 Å². The zero-order chi connectivity index (χ0) is 27.6. The lowest BCUT2D eigenvalue weighted by Gasteiger charge is -2.29. The molecular formula is C31H25N5O2S2. The Hall–Kier alpha value is -4.47. The van der Waals surface area contributed by atoms with Crippen molar-refractivity contribution >= 4 is 40.5 Å². The van der Waals surface area contributed by atoms with E-state index in [2.05, 4.69) is 93.6 Å². The SMILES string of the molecule is Cc1cccc(-n2cccc2C2C(c3ccccn3)NC(=S)N2c2ccc(Sc3ccc([N+](=O)[O-])cc3)cc2)c1. The van der Waals surface area contributed by atoms with Crippen LogP contribution in [0, 0.1) is 17.0 Å². The van der Waals surface area contributed by atoms with Gasteiger partial charge < -0.3 is 14.8 Å². The lowest BCUT2D eigenvalue weighted by atomic mass is 10.0. The molecule has 5 aromatic rings. The summed E-state index contributed by atoms with van der Waals surface area (Å²) in [6.07, 6.45) is 3.90. The molecule has 7 nitrogen and oxygen atoms in total. The second-order valence-corrected chi connectivity index (χ2v) is 11.0. The van der Waals surface area contributed by atoms with Crippen molar-refractivity contribution < 1.29 is 4.92 Å². The minimum Gasteiger partial charge on any atom is -0.351 e. The Kier molecular flexibility index (Phi) is 7.06. The zero-order valence-corrected chi connectivity index (χ0v) is 23.2. The highest BCUT2D eigenvalue weighted by Gasteiger charge is 2.42. The van der Waals surface area contributed by atoms with E-state index >= 15 is 0 Å². The molecule has 0 aliphatic carbocycles. The Labute approximate surface area is 241 Å². The van der Waals surface area contributed by atoms with Gasteiger partial charge >= 0.3 is 0 Å². The van der Waals surface area contributed by atoms with Gasteiger partial charge in [0.2, 0.25) is 0 Å². The smallest absolute Gasteiger partial charge is 0.269 e. The molecule has 1 aliphatic heterocycles. The lowest BCUT2D eigenvalue weighted by molar-refractivity contribution is -0.384. The molecule has 1 aliphatic rings. The van der Waals surface area contributed by atoms with Gasteiger partial charge in [0.1, 0.15) is 6.04 Å². The van der Waals surface area contributed by atoms with E-state index in [0.717, 1.165) is 32.6 Å². The second kappa shape index (κ2) is 11.0. The van der Waals surface area contributed by atoms with Crippen molar-refractivity contribution in [1.82, 2.24) is 14.9 Å². The van der Waals surface area contributed by atoms with Crippen LogP contribution in [0.4, 0.5) is 11.4 Å². The number of benzene rings is 3. The van der Waals surface area contributed by atoms with E-state index in [-0.39, 0.29) is 22.7 Å². The maximum absolute atomic E-state index is 11.0. The Bertz CT molecular complexity index is 1670. The van der Waals surface area contributed by atoms with Crippen LogP contribution in [-0.4, -0.2) is 19.6 Å². The van der Waals surface area contributed by atoms with Crippen molar-refractivity contribution in [3.05, 3.63) is 143 Å². The van der Waals surface area contributed by atoms with Gasteiger partial charge in [0, 0.05) is 51.4 Å². The first-order valence-corrected chi connectivity index (χ1v) is 14.0. The minimum absolute atomic E-state index is 0.0821. The van der Waals surface area contributed by atoms with E-state index in [1.165, 1.54) is 17.7 Å². The van der Waals surface area contributed by atoms with Gasteiger partial charge in [-0.1, -0.05) is 30.0 Å². The molecular weight excluding hydrogens is 539 g/mol. The van der Waals surface area contributed by atoms with Crippen LogP contribution >= 0.6 is 24.0 Å². The Morgan fingerprint density at radius 2 is 1.65 bits per heavy atom. The number of nitrogens with zero attached hydrogens (tertiary/aromatic N) is 4. The molecule has 2 aromatic heterocycles. The summed E-state index contributed by atoms with van der Waals surface area (Å²) in [7, 11) is 0. The predicted octanol–water partition coefficient (Wildman–Crippen LogP) is 7.42. The van der Waals surface area contributed by atoms with Crippen LogP contribution in [0.15, 0.2) is 125 Å². The second-order valence-electron chi connectivity index (χ2n) is 9.49. The van der Waals surface area contributed by atoms with E-state index < -0.39 is 0 Å². The summed E-state index contributed by atoms with van der Waals surface area (Å²) >= 11 is 7.47. The highest BCUT2D eigenvalue weighted by molar-refractivity contribution is 7.99. The number of hydrogen-bond donors (Lipinski definition) is 1. The van der Waals surface area contributed by atoms with Crippen LogP contribution in [0.25, 0.3) is 5.69 Å². The van der Waals surface area contributed by atoms with Gasteiger partial charge in [-0.3, -0.25) is 15.1 Å². The molecule has 6 rings (SSSR count). The summed E-state index contributed by atoms with van der Waals surface area (Å²) in [5.74, 6) is 0. The number of hydrogen-bond acceptors (Lipinski definition) is 5. The molecule has 0 amide bonds. The molecule has 9 heteroatoms. The summed E-state index contributed by atoms with van der Waals surface area (Å²) in [6, 6.07) is 33.1. The number of aryl methyl sites for hydroxylation is 1. The topological polar surface area (TPSA) is 76.2 Å². The van der Waals surface area contributed by atoms with Crippen molar-refractivity contribution in [2.75, 3.05) is 4.90 Å². The largest absolute Gasteiger partial charge is 0.351 e. The number of nitro groups is 1. The van der Waals surface area contributed by atoms with E-state index in [0.29, 0.717) is 5.11 Å². The number of nitro benzene ring substituents is 1. The third-order valence-electron chi connectivity index (χ3n) is 6.86. The van der Waals surface area contributed by atoms with E-state index in [9.17, 15) is 10.1 Å². The fourth-order valence-corrected chi connectivity index (χ4v) is 6.19. The average Bonchev–Trinajstić information content (AvgIpc) is 3.59. The number of aromatic nitrogens is 2. The minimum atomic E-state index is -0.389. The van der Waals surface area contributed by atoms with E-state index in [1.807, 2.05) is 24.4 Å². The molecule has 40 heavy (non-hydrogen) atoms. The van der Waals surface area contributed by atoms with Crippen LogP contribution < -0.4 is 10.2 Å². The van der Waals surface area contributed by atoms with Crippen molar-refractivity contribution in [2.24, 2.45) is 0 Å². The van der Waals surface area contributed by atoms with Crippen LogP contribution in [0.2, 0.25) is 0 Å². The van der Waals surface area contributed by atoms with Gasteiger partial charge in [0.25, 0.3) is 5.69 Å². The Balaban J connectivity index is 1.36. The third-order valence-corrected chi connectivity index (χ3v) is 8.19. The van der Waals surface area contributed by atoms with Crippen LogP contribution in [0.3, 0.4) is 0 Å². The molecule has 0 bridgehead atoms. The summed E-state index contributed by atoms with van der Waals surface area (Å²) in [6.45, 7) is 2.10. The molecule has 198 valence electrons. The third kappa shape index (κ3) is 5.09. The Morgan fingerprint density at radius 1 is 0.900 bits per heavy atom. The maximum atomic E-state index is 11.0. The molecule has 3 heterocycles. The first-order valence-electron chi connectivity index (χ1n) is 12.8. The molecule has 1 N–H and O–H groups in total.